The standard InChI is InChI=1S/C12H10ClNO3/c1-6-2-9(13)4-7-3-8(5-10(15)16)12(17)14-11(6)7/h2-4H,5H2,1H3,(H,14,17)(H,15,16). The van der Waals surface area contributed by atoms with Gasteiger partial charge in [0.05, 0.1) is 11.9 Å². The molecule has 1 aromatic heterocycles. The number of hydrogen-bond acceptors (Lipinski definition) is 2. The highest BCUT2D eigenvalue weighted by Crippen LogP contribution is 2.21. The minimum Gasteiger partial charge on any atom is -0.481 e. The molecule has 0 aliphatic carbocycles. The van der Waals surface area contributed by atoms with Crippen LogP contribution in [0.3, 0.4) is 0 Å². The number of carbonyl (C=O) groups is 1. The Hall–Kier alpha value is -1.81. The van der Waals surface area contributed by atoms with E-state index in [-0.39, 0.29) is 17.5 Å². The van der Waals surface area contributed by atoms with E-state index in [0.29, 0.717) is 10.5 Å². The van der Waals surface area contributed by atoms with Crippen molar-refractivity contribution in [3.05, 3.63) is 44.7 Å². The van der Waals surface area contributed by atoms with Crippen LogP contribution in [0.1, 0.15) is 11.1 Å². The zero-order valence-corrected chi connectivity index (χ0v) is 9.84. The monoisotopic (exact) mass is 251 g/mol. The minimum atomic E-state index is -1.03. The zero-order valence-electron chi connectivity index (χ0n) is 9.08. The molecule has 0 unspecified atom stereocenters. The first-order valence-electron chi connectivity index (χ1n) is 5.01. The van der Waals surface area contributed by atoms with Crippen LogP contribution in [-0.4, -0.2) is 16.1 Å². The molecular weight excluding hydrogens is 242 g/mol. The van der Waals surface area contributed by atoms with Crippen LogP contribution >= 0.6 is 11.6 Å². The predicted octanol–water partition coefficient (Wildman–Crippen LogP) is 2.12. The fourth-order valence-corrected chi connectivity index (χ4v) is 2.08. The van der Waals surface area contributed by atoms with Crippen molar-refractivity contribution in [1.82, 2.24) is 4.98 Å². The first kappa shape index (κ1) is 11.7. The summed E-state index contributed by atoms with van der Waals surface area (Å²) in [6.45, 7) is 1.83. The molecule has 0 radical (unpaired) electrons. The Morgan fingerprint density at radius 3 is 2.76 bits per heavy atom. The molecule has 17 heavy (non-hydrogen) atoms. The number of benzene rings is 1. The summed E-state index contributed by atoms with van der Waals surface area (Å²) < 4.78 is 0. The molecule has 4 nitrogen and oxygen atoms in total. The second-order valence-electron chi connectivity index (χ2n) is 3.88. The Balaban J connectivity index is 2.71. The number of aliphatic carboxylic acids is 1. The van der Waals surface area contributed by atoms with Gasteiger partial charge in [0.15, 0.2) is 0 Å². The molecule has 1 aromatic carbocycles. The molecule has 0 bridgehead atoms. The summed E-state index contributed by atoms with van der Waals surface area (Å²) in [6.07, 6.45) is -0.295. The van der Waals surface area contributed by atoms with Crippen molar-refractivity contribution >= 4 is 28.5 Å². The minimum absolute atomic E-state index is 0.228. The molecule has 1 heterocycles. The van der Waals surface area contributed by atoms with Crippen LogP contribution < -0.4 is 5.56 Å². The molecule has 2 N–H and O–H groups in total. The van der Waals surface area contributed by atoms with Crippen LogP contribution in [-0.2, 0) is 11.2 Å². The summed E-state index contributed by atoms with van der Waals surface area (Å²) in [5.74, 6) is -1.03. The van der Waals surface area contributed by atoms with Gasteiger partial charge >= 0.3 is 5.97 Å². The third-order valence-corrected chi connectivity index (χ3v) is 2.75. The lowest BCUT2D eigenvalue weighted by molar-refractivity contribution is -0.136. The number of aromatic amines is 1. The lowest BCUT2D eigenvalue weighted by Gasteiger charge is -2.05. The van der Waals surface area contributed by atoms with Gasteiger partial charge in [0.1, 0.15) is 0 Å². The number of aromatic nitrogens is 1. The highest BCUT2D eigenvalue weighted by molar-refractivity contribution is 6.31. The van der Waals surface area contributed by atoms with Crippen molar-refractivity contribution in [2.24, 2.45) is 0 Å². The first-order chi connectivity index (χ1) is 7.97. The molecule has 0 saturated heterocycles. The van der Waals surface area contributed by atoms with E-state index in [1.54, 1.807) is 18.2 Å². The van der Waals surface area contributed by atoms with E-state index in [1.165, 1.54) is 0 Å². The first-order valence-corrected chi connectivity index (χ1v) is 5.39. The number of aryl methyl sites for hydroxylation is 1. The number of carboxylic acid groups (broad SMARTS) is 1. The SMILES string of the molecule is Cc1cc(Cl)cc2cc(CC(=O)O)c(=O)[nH]c12. The van der Waals surface area contributed by atoms with Crippen molar-refractivity contribution in [2.75, 3.05) is 0 Å². The summed E-state index contributed by atoms with van der Waals surface area (Å²) in [7, 11) is 0. The van der Waals surface area contributed by atoms with Gasteiger partial charge < -0.3 is 10.1 Å². The van der Waals surface area contributed by atoms with Gasteiger partial charge in [0, 0.05) is 16.0 Å². The van der Waals surface area contributed by atoms with Gasteiger partial charge in [0.2, 0.25) is 0 Å². The summed E-state index contributed by atoms with van der Waals surface area (Å²) in [5.41, 5.74) is 1.40. The van der Waals surface area contributed by atoms with E-state index in [4.69, 9.17) is 16.7 Å². The van der Waals surface area contributed by atoms with E-state index in [2.05, 4.69) is 4.98 Å². The molecule has 0 spiro atoms. The van der Waals surface area contributed by atoms with Crippen LogP contribution in [0.5, 0.6) is 0 Å². The van der Waals surface area contributed by atoms with Crippen LogP contribution in [0.4, 0.5) is 0 Å². The highest BCUT2D eigenvalue weighted by Gasteiger charge is 2.08. The molecule has 2 aromatic rings. The van der Waals surface area contributed by atoms with Gasteiger partial charge in [-0.2, -0.15) is 0 Å². The smallest absolute Gasteiger partial charge is 0.308 e. The Bertz CT molecular complexity index is 661. The van der Waals surface area contributed by atoms with Gasteiger partial charge in [-0.25, -0.2) is 0 Å². The average molecular weight is 252 g/mol. The maximum atomic E-state index is 11.7. The third-order valence-electron chi connectivity index (χ3n) is 2.53. The Morgan fingerprint density at radius 2 is 2.12 bits per heavy atom. The highest BCUT2D eigenvalue weighted by atomic mass is 35.5. The summed E-state index contributed by atoms with van der Waals surface area (Å²) in [6, 6.07) is 5.02. The van der Waals surface area contributed by atoms with Crippen LogP contribution in [0.15, 0.2) is 23.0 Å². The quantitative estimate of drug-likeness (QED) is 0.859. The number of pyridine rings is 1. The topological polar surface area (TPSA) is 70.2 Å². The van der Waals surface area contributed by atoms with E-state index in [0.717, 1.165) is 10.9 Å². The van der Waals surface area contributed by atoms with Gasteiger partial charge in [-0.1, -0.05) is 11.6 Å². The van der Waals surface area contributed by atoms with Crippen LogP contribution in [0, 0.1) is 6.92 Å². The normalized spacial score (nSPS) is 10.7. The maximum absolute atomic E-state index is 11.7. The lowest BCUT2D eigenvalue weighted by atomic mass is 10.1. The van der Waals surface area contributed by atoms with Gasteiger partial charge in [-0.15, -0.1) is 0 Å². The van der Waals surface area contributed by atoms with E-state index in [1.807, 2.05) is 6.92 Å². The molecule has 0 amide bonds. The van der Waals surface area contributed by atoms with Crippen LogP contribution in [0.2, 0.25) is 5.02 Å². The summed E-state index contributed by atoms with van der Waals surface area (Å²) in [4.78, 5) is 24.9. The second-order valence-corrected chi connectivity index (χ2v) is 4.32. The Labute approximate surface area is 102 Å². The zero-order chi connectivity index (χ0) is 12.6. The molecule has 2 rings (SSSR count). The Morgan fingerprint density at radius 1 is 1.41 bits per heavy atom. The molecule has 0 atom stereocenters. The molecule has 0 aliphatic heterocycles. The van der Waals surface area contributed by atoms with E-state index < -0.39 is 5.97 Å². The third kappa shape index (κ3) is 2.31. The number of carboxylic acids is 1. The van der Waals surface area contributed by atoms with Gasteiger partial charge in [-0.05, 0) is 30.7 Å². The lowest BCUT2D eigenvalue weighted by Crippen LogP contribution is -2.16. The Kier molecular flexibility index (Phi) is 2.90. The van der Waals surface area contributed by atoms with Crippen molar-refractivity contribution in [2.45, 2.75) is 13.3 Å². The van der Waals surface area contributed by atoms with E-state index in [9.17, 15) is 9.59 Å². The van der Waals surface area contributed by atoms with Crippen molar-refractivity contribution in [1.29, 1.82) is 0 Å². The number of nitrogens with one attached hydrogen (secondary N) is 1. The number of halogens is 1. The van der Waals surface area contributed by atoms with Crippen molar-refractivity contribution in [3.63, 3.8) is 0 Å². The number of fused-ring (bicyclic) bond motifs is 1. The molecular formula is C12H10ClNO3. The van der Waals surface area contributed by atoms with Crippen molar-refractivity contribution < 1.29 is 9.90 Å². The van der Waals surface area contributed by atoms with Crippen LogP contribution in [0.25, 0.3) is 10.9 Å². The number of rotatable bonds is 2. The molecule has 88 valence electrons. The summed E-state index contributed by atoms with van der Waals surface area (Å²) in [5, 5.41) is 9.99. The molecule has 0 fully saturated rings. The summed E-state index contributed by atoms with van der Waals surface area (Å²) >= 11 is 5.91. The maximum Gasteiger partial charge on any atom is 0.308 e. The molecule has 0 saturated carbocycles. The van der Waals surface area contributed by atoms with Gasteiger partial charge in [-0.3, -0.25) is 9.59 Å². The number of hydrogen-bond donors (Lipinski definition) is 2. The fourth-order valence-electron chi connectivity index (χ4n) is 1.79. The fraction of sp³-hybridized carbons (Fsp3) is 0.167. The average Bonchev–Trinajstić information content (AvgIpc) is 2.20. The largest absolute Gasteiger partial charge is 0.481 e. The van der Waals surface area contributed by atoms with Gasteiger partial charge in [0.25, 0.3) is 5.56 Å². The molecule has 0 aliphatic rings. The van der Waals surface area contributed by atoms with Crippen molar-refractivity contribution in [3.8, 4) is 0 Å². The van der Waals surface area contributed by atoms with E-state index >= 15 is 0 Å². The molecule has 5 heteroatoms. The number of H-pyrrole nitrogens is 1. The predicted molar refractivity (Wildman–Crippen MR) is 65.7 cm³/mol. The second kappa shape index (κ2) is 4.22.